The van der Waals surface area contributed by atoms with E-state index in [1.54, 1.807) is 31.3 Å². The Morgan fingerprint density at radius 2 is 2.21 bits per heavy atom. The van der Waals surface area contributed by atoms with E-state index in [2.05, 4.69) is 10.4 Å². The van der Waals surface area contributed by atoms with E-state index in [4.69, 9.17) is 14.4 Å². The first-order valence-corrected chi connectivity index (χ1v) is 6.95. The molecule has 1 N–H and O–H groups in total. The number of hydrogen-bond donors (Lipinski definition) is 1. The second-order valence-corrected chi connectivity index (χ2v) is 4.94. The zero-order chi connectivity index (χ0) is 17.1. The highest BCUT2D eigenvalue weighted by Crippen LogP contribution is 2.30. The van der Waals surface area contributed by atoms with Crippen LogP contribution in [0.2, 0.25) is 0 Å². The van der Waals surface area contributed by atoms with E-state index >= 15 is 0 Å². The number of nitrogens with one attached hydrogen (secondary N) is 1. The molecule has 0 radical (unpaired) electrons. The Morgan fingerprint density at radius 3 is 2.92 bits per heavy atom. The molecular weight excluding hydrogens is 312 g/mol. The SMILES string of the molecule is Cn1cc(C(=O)OCC(=O)Nc2c(C#N)oc3ccccc23)cn1. The predicted octanol–water partition coefficient (Wildman–Crippen LogP) is 1.83. The van der Waals surface area contributed by atoms with Crippen LogP contribution in [0.5, 0.6) is 0 Å². The lowest BCUT2D eigenvalue weighted by Gasteiger charge is -2.04. The normalized spacial score (nSPS) is 10.3. The van der Waals surface area contributed by atoms with Crippen molar-refractivity contribution in [2.24, 2.45) is 7.05 Å². The molecule has 0 atom stereocenters. The number of rotatable bonds is 4. The fraction of sp³-hybridized carbons (Fsp3) is 0.125. The number of nitrogens with zero attached hydrogens (tertiary/aromatic N) is 3. The van der Waals surface area contributed by atoms with Crippen LogP contribution in [0.4, 0.5) is 5.69 Å². The average molecular weight is 324 g/mol. The third-order valence-electron chi connectivity index (χ3n) is 3.24. The first kappa shape index (κ1) is 15.3. The Labute approximate surface area is 136 Å². The van der Waals surface area contributed by atoms with Crippen LogP contribution in [0, 0.1) is 11.3 Å². The van der Waals surface area contributed by atoms with Crippen molar-refractivity contribution < 1.29 is 18.7 Å². The minimum atomic E-state index is -0.657. The molecule has 8 nitrogen and oxygen atoms in total. The van der Waals surface area contributed by atoms with E-state index in [0.29, 0.717) is 11.0 Å². The maximum atomic E-state index is 12.0. The Bertz CT molecular complexity index is 964. The molecule has 2 aromatic heterocycles. The number of furan rings is 1. The van der Waals surface area contributed by atoms with Gasteiger partial charge in [0.1, 0.15) is 17.3 Å². The first-order chi connectivity index (χ1) is 11.6. The molecule has 120 valence electrons. The molecular formula is C16H12N4O4. The number of aryl methyl sites for hydroxylation is 1. The minimum Gasteiger partial charge on any atom is -0.452 e. The second-order valence-electron chi connectivity index (χ2n) is 4.94. The zero-order valence-electron chi connectivity index (χ0n) is 12.6. The van der Waals surface area contributed by atoms with Gasteiger partial charge in [0.15, 0.2) is 6.61 Å². The smallest absolute Gasteiger partial charge is 0.341 e. The van der Waals surface area contributed by atoms with Crippen LogP contribution in [0.1, 0.15) is 16.1 Å². The van der Waals surface area contributed by atoms with Crippen LogP contribution in [-0.4, -0.2) is 28.3 Å². The maximum Gasteiger partial charge on any atom is 0.341 e. The standard InChI is InChI=1S/C16H12N4O4/c1-20-8-10(7-18-20)16(22)23-9-14(21)19-15-11-4-2-3-5-12(11)24-13(15)6-17/h2-5,7-8H,9H2,1H3,(H,19,21). The van der Waals surface area contributed by atoms with Crippen molar-refractivity contribution in [3.63, 3.8) is 0 Å². The number of carbonyl (C=O) groups is 2. The Hall–Kier alpha value is -3.60. The van der Waals surface area contributed by atoms with Gasteiger partial charge in [-0.1, -0.05) is 12.1 Å². The van der Waals surface area contributed by atoms with Gasteiger partial charge in [0.2, 0.25) is 5.76 Å². The molecule has 0 aliphatic carbocycles. The number of aromatic nitrogens is 2. The van der Waals surface area contributed by atoms with Crippen molar-refractivity contribution in [2.75, 3.05) is 11.9 Å². The largest absolute Gasteiger partial charge is 0.452 e. The third-order valence-corrected chi connectivity index (χ3v) is 3.24. The summed E-state index contributed by atoms with van der Waals surface area (Å²) in [4.78, 5) is 23.8. The molecule has 0 aliphatic rings. The van der Waals surface area contributed by atoms with E-state index in [0.717, 1.165) is 0 Å². The van der Waals surface area contributed by atoms with E-state index < -0.39 is 18.5 Å². The molecule has 0 spiro atoms. The van der Waals surface area contributed by atoms with Gasteiger partial charge in [-0.2, -0.15) is 10.4 Å². The highest BCUT2D eigenvalue weighted by atomic mass is 16.5. The Balaban J connectivity index is 1.69. The van der Waals surface area contributed by atoms with Crippen molar-refractivity contribution >= 4 is 28.5 Å². The molecule has 8 heteroatoms. The summed E-state index contributed by atoms with van der Waals surface area (Å²) in [7, 11) is 1.66. The number of anilines is 1. The number of fused-ring (bicyclic) bond motifs is 1. The lowest BCUT2D eigenvalue weighted by atomic mass is 10.2. The number of benzene rings is 1. The van der Waals surface area contributed by atoms with Crippen LogP contribution in [0.15, 0.2) is 41.1 Å². The van der Waals surface area contributed by atoms with Crippen LogP contribution in [0.25, 0.3) is 11.0 Å². The van der Waals surface area contributed by atoms with Crippen molar-refractivity contribution in [2.45, 2.75) is 0 Å². The fourth-order valence-corrected chi connectivity index (χ4v) is 2.16. The van der Waals surface area contributed by atoms with Gasteiger partial charge >= 0.3 is 5.97 Å². The summed E-state index contributed by atoms with van der Waals surface area (Å²) in [5.41, 5.74) is 0.990. The van der Waals surface area contributed by atoms with Crippen molar-refractivity contribution in [1.29, 1.82) is 5.26 Å². The summed E-state index contributed by atoms with van der Waals surface area (Å²) in [6.45, 7) is -0.488. The quantitative estimate of drug-likeness (QED) is 0.733. The van der Waals surface area contributed by atoms with Gasteiger partial charge in [-0.15, -0.1) is 0 Å². The van der Waals surface area contributed by atoms with Crippen LogP contribution in [-0.2, 0) is 16.6 Å². The number of esters is 1. The van der Waals surface area contributed by atoms with E-state index in [-0.39, 0.29) is 17.0 Å². The summed E-state index contributed by atoms with van der Waals surface area (Å²) in [6.07, 6.45) is 2.83. The van der Waals surface area contributed by atoms with Gasteiger partial charge in [0, 0.05) is 18.6 Å². The van der Waals surface area contributed by atoms with E-state index in [1.165, 1.54) is 17.1 Å². The molecule has 0 unspecified atom stereocenters. The number of carbonyl (C=O) groups excluding carboxylic acids is 2. The molecule has 2 heterocycles. The van der Waals surface area contributed by atoms with Crippen LogP contribution < -0.4 is 5.32 Å². The van der Waals surface area contributed by atoms with Gasteiger partial charge in [0.05, 0.1) is 11.8 Å². The van der Waals surface area contributed by atoms with Crippen LogP contribution >= 0.6 is 0 Å². The molecule has 0 bridgehead atoms. The fourth-order valence-electron chi connectivity index (χ4n) is 2.16. The second kappa shape index (κ2) is 6.26. The number of para-hydroxylation sites is 1. The monoisotopic (exact) mass is 324 g/mol. The predicted molar refractivity (Wildman–Crippen MR) is 83.0 cm³/mol. The summed E-state index contributed by atoms with van der Waals surface area (Å²) < 4.78 is 11.7. The number of nitriles is 1. The van der Waals surface area contributed by atoms with Crippen molar-refractivity contribution in [3.8, 4) is 6.07 Å². The van der Waals surface area contributed by atoms with E-state index in [1.807, 2.05) is 6.07 Å². The summed E-state index contributed by atoms with van der Waals surface area (Å²) in [5.74, 6) is -1.24. The van der Waals surface area contributed by atoms with Gasteiger partial charge in [-0.05, 0) is 12.1 Å². The Kier molecular flexibility index (Phi) is 3.99. The third kappa shape index (κ3) is 2.96. The molecule has 3 aromatic rings. The van der Waals surface area contributed by atoms with Gasteiger partial charge < -0.3 is 14.5 Å². The first-order valence-electron chi connectivity index (χ1n) is 6.95. The van der Waals surface area contributed by atoms with Gasteiger partial charge in [-0.3, -0.25) is 9.48 Å². The van der Waals surface area contributed by atoms with Crippen molar-refractivity contribution in [3.05, 3.63) is 48.0 Å². The average Bonchev–Trinajstić information content (AvgIpc) is 3.17. The molecule has 1 aromatic carbocycles. The van der Waals surface area contributed by atoms with Crippen molar-refractivity contribution in [1.82, 2.24) is 9.78 Å². The number of hydrogen-bond acceptors (Lipinski definition) is 6. The zero-order valence-corrected chi connectivity index (χ0v) is 12.6. The maximum absolute atomic E-state index is 12.0. The Morgan fingerprint density at radius 1 is 1.42 bits per heavy atom. The summed E-state index contributed by atoms with van der Waals surface area (Å²) >= 11 is 0. The molecule has 0 fully saturated rings. The topological polar surface area (TPSA) is 110 Å². The van der Waals surface area contributed by atoms with Crippen LogP contribution in [0.3, 0.4) is 0 Å². The van der Waals surface area contributed by atoms with Gasteiger partial charge in [0.25, 0.3) is 5.91 Å². The molecule has 3 rings (SSSR count). The number of ether oxygens (including phenoxy) is 1. The summed E-state index contributed by atoms with van der Waals surface area (Å²) in [5, 5.41) is 16.1. The van der Waals surface area contributed by atoms with Gasteiger partial charge in [-0.25, -0.2) is 4.79 Å². The number of amides is 1. The molecule has 1 amide bonds. The highest BCUT2D eigenvalue weighted by Gasteiger charge is 2.17. The molecule has 0 saturated heterocycles. The summed E-state index contributed by atoms with van der Waals surface area (Å²) in [6, 6.07) is 8.81. The molecule has 24 heavy (non-hydrogen) atoms. The minimum absolute atomic E-state index is 0.0110. The molecule has 0 saturated carbocycles. The lowest BCUT2D eigenvalue weighted by Crippen LogP contribution is -2.21. The van der Waals surface area contributed by atoms with E-state index in [9.17, 15) is 9.59 Å². The molecule has 0 aliphatic heterocycles. The highest BCUT2D eigenvalue weighted by molar-refractivity contribution is 6.03. The lowest BCUT2D eigenvalue weighted by molar-refractivity contribution is -0.119.